The first-order valence-corrected chi connectivity index (χ1v) is 18.4. The summed E-state index contributed by atoms with van der Waals surface area (Å²) in [5.41, 5.74) is 6.08. The molecule has 2 aromatic carbocycles. The van der Waals surface area contributed by atoms with Crippen LogP contribution in [0.1, 0.15) is 57.2 Å². The average molecular weight is 666 g/mol. The summed E-state index contributed by atoms with van der Waals surface area (Å²) in [5, 5.41) is 9.71. The van der Waals surface area contributed by atoms with Crippen molar-refractivity contribution < 1.29 is 13.2 Å². The molecule has 1 saturated heterocycles. The van der Waals surface area contributed by atoms with Crippen molar-refractivity contribution in [3.8, 4) is 22.5 Å². The third-order valence-electron chi connectivity index (χ3n) is 10.1. The van der Waals surface area contributed by atoms with Crippen LogP contribution < -0.4 is 5.32 Å². The van der Waals surface area contributed by atoms with E-state index in [0.717, 1.165) is 66.1 Å². The van der Waals surface area contributed by atoms with E-state index in [1.807, 2.05) is 28.8 Å². The second-order valence-corrected chi connectivity index (χ2v) is 15.6. The fourth-order valence-electron chi connectivity index (χ4n) is 7.34. The predicted molar refractivity (Wildman–Crippen MR) is 182 cm³/mol. The van der Waals surface area contributed by atoms with Gasteiger partial charge in [0, 0.05) is 47.4 Å². The maximum atomic E-state index is 13.6. The Hall–Kier alpha value is -2.76. The number of hydrogen-bond donors (Lipinski definition) is 1. The number of thiocarbonyl (C=S) groups is 1. The molecular formula is C34H40ClN5O3S2. The molecule has 1 N–H and O–H groups in total. The third-order valence-corrected chi connectivity index (χ3v) is 12.5. The highest BCUT2D eigenvalue weighted by molar-refractivity contribution is 7.89. The lowest BCUT2D eigenvalue weighted by Gasteiger charge is -2.35. The first-order chi connectivity index (χ1) is 21.7. The van der Waals surface area contributed by atoms with Crippen LogP contribution in [0.25, 0.3) is 28.2 Å². The molecule has 0 amide bonds. The second-order valence-electron chi connectivity index (χ2n) is 12.8. The van der Waals surface area contributed by atoms with Gasteiger partial charge in [0.25, 0.3) is 0 Å². The minimum absolute atomic E-state index is 0.274. The lowest BCUT2D eigenvalue weighted by molar-refractivity contribution is 0.0730. The third kappa shape index (κ3) is 5.63. The van der Waals surface area contributed by atoms with Gasteiger partial charge in [-0.1, -0.05) is 74.8 Å². The van der Waals surface area contributed by atoms with Crippen LogP contribution >= 0.6 is 23.8 Å². The predicted octanol–water partition coefficient (Wildman–Crippen LogP) is 6.57. The monoisotopic (exact) mass is 665 g/mol. The van der Waals surface area contributed by atoms with Gasteiger partial charge in [0.2, 0.25) is 10.0 Å². The van der Waals surface area contributed by atoms with E-state index in [4.69, 9.17) is 33.7 Å². The summed E-state index contributed by atoms with van der Waals surface area (Å²) in [7, 11) is -3.66. The van der Waals surface area contributed by atoms with Gasteiger partial charge >= 0.3 is 0 Å². The molecule has 2 aliphatic heterocycles. The zero-order valence-electron chi connectivity index (χ0n) is 25.8. The number of nitrogens with zero attached hydrogens (tertiary/aromatic N) is 4. The smallest absolute Gasteiger partial charge is 0.243 e. The molecule has 4 aromatic rings. The molecule has 4 heterocycles. The van der Waals surface area contributed by atoms with Crippen LogP contribution in [0.4, 0.5) is 0 Å². The number of hydrogen-bond acceptors (Lipinski definition) is 5. The van der Waals surface area contributed by atoms with Crippen LogP contribution in [0.3, 0.4) is 0 Å². The largest absolute Gasteiger partial charge is 0.379 e. The van der Waals surface area contributed by atoms with Gasteiger partial charge in [-0.15, -0.1) is 5.10 Å². The zero-order chi connectivity index (χ0) is 31.3. The zero-order valence-corrected chi connectivity index (χ0v) is 28.2. The average Bonchev–Trinajstić information content (AvgIpc) is 3.47. The molecule has 0 unspecified atom stereocenters. The number of aryl methyl sites for hydroxylation is 2. The van der Waals surface area contributed by atoms with E-state index < -0.39 is 10.0 Å². The van der Waals surface area contributed by atoms with Crippen molar-refractivity contribution in [3.05, 3.63) is 64.8 Å². The number of sulfonamides is 1. The Morgan fingerprint density at radius 1 is 1.00 bits per heavy atom. The minimum atomic E-state index is -3.66. The Kier molecular flexibility index (Phi) is 8.54. The quantitative estimate of drug-likeness (QED) is 0.235. The van der Waals surface area contributed by atoms with Gasteiger partial charge in [0.15, 0.2) is 5.82 Å². The highest BCUT2D eigenvalue weighted by Crippen LogP contribution is 2.39. The number of nitrogens with one attached hydrogen (secondary N) is 1. The molecule has 1 aliphatic carbocycles. The van der Waals surface area contributed by atoms with Gasteiger partial charge in [-0.05, 0) is 67.3 Å². The van der Waals surface area contributed by atoms with Crippen molar-refractivity contribution in [2.24, 2.45) is 11.8 Å². The standard InChI is InChI=1S/C34H40ClN5O3S2/c1-22-7-5-11-29(23(22)2)36-33(44)31-30(24-12-14-26(35)15-13-24)28-10-3-4-16-39-32(37-40(31)34(28)39)25-8-6-9-27(21-25)45(41,42)38-17-19-43-20-18-38/h6,8-9,12-15,21-23,29H,3-5,7,10-11,16-20H2,1-2H3,(H,36,44)/t22-,23-,29+/m1/s1. The number of halogens is 1. The van der Waals surface area contributed by atoms with Crippen LogP contribution in [0, 0.1) is 11.8 Å². The molecule has 3 aliphatic rings. The molecule has 7 rings (SSSR count). The lowest BCUT2D eigenvalue weighted by Crippen LogP contribution is -2.43. The molecule has 45 heavy (non-hydrogen) atoms. The van der Waals surface area contributed by atoms with E-state index in [-0.39, 0.29) is 4.90 Å². The first kappa shape index (κ1) is 30.9. The maximum absolute atomic E-state index is 13.6. The van der Waals surface area contributed by atoms with Gasteiger partial charge in [-0.2, -0.15) is 4.31 Å². The molecule has 238 valence electrons. The molecular weight excluding hydrogens is 626 g/mol. The summed E-state index contributed by atoms with van der Waals surface area (Å²) in [4.78, 5) is 0.975. The van der Waals surface area contributed by atoms with Gasteiger partial charge in [-0.25, -0.2) is 12.9 Å². The normalized spacial score (nSPS) is 22.8. The van der Waals surface area contributed by atoms with Crippen molar-refractivity contribution in [3.63, 3.8) is 0 Å². The minimum Gasteiger partial charge on any atom is -0.379 e. The molecule has 2 aromatic heterocycles. The SMILES string of the molecule is C[C@@H]1[C@H](C)CCC[C@@H]1NC(=S)c1c(-c2ccc(Cl)cc2)c2c3n(c(-c4cccc(S(=O)(=O)N5CCOCC5)c4)nn13)CCCC2. The van der Waals surface area contributed by atoms with Gasteiger partial charge < -0.3 is 14.6 Å². The second kappa shape index (κ2) is 12.4. The number of ether oxygens (including phenoxy) is 1. The molecule has 0 radical (unpaired) electrons. The van der Waals surface area contributed by atoms with Gasteiger partial charge in [-0.3, -0.25) is 0 Å². The van der Waals surface area contributed by atoms with Gasteiger partial charge in [0.05, 0.1) is 18.1 Å². The van der Waals surface area contributed by atoms with Crippen molar-refractivity contribution in [2.75, 3.05) is 26.3 Å². The van der Waals surface area contributed by atoms with E-state index in [0.29, 0.717) is 54.2 Å². The number of rotatable bonds is 6. The van der Waals surface area contributed by atoms with Crippen molar-refractivity contribution in [1.82, 2.24) is 23.8 Å². The first-order valence-electron chi connectivity index (χ1n) is 16.1. The topological polar surface area (TPSA) is 80.9 Å². The molecule has 0 bridgehead atoms. The highest BCUT2D eigenvalue weighted by atomic mass is 35.5. The molecule has 0 spiro atoms. The lowest BCUT2D eigenvalue weighted by atomic mass is 9.78. The summed E-state index contributed by atoms with van der Waals surface area (Å²) in [6.07, 6.45) is 6.45. The Bertz CT molecular complexity index is 1840. The van der Waals surface area contributed by atoms with E-state index in [1.165, 1.54) is 22.7 Å². The summed E-state index contributed by atoms with van der Waals surface area (Å²) in [5.74, 6) is 1.89. The Morgan fingerprint density at radius 2 is 1.78 bits per heavy atom. The molecule has 1 saturated carbocycles. The summed E-state index contributed by atoms with van der Waals surface area (Å²) >= 11 is 12.6. The van der Waals surface area contributed by atoms with Crippen LogP contribution in [0.5, 0.6) is 0 Å². The Morgan fingerprint density at radius 3 is 2.56 bits per heavy atom. The van der Waals surface area contributed by atoms with Crippen LogP contribution in [0.15, 0.2) is 53.4 Å². The number of morpholine rings is 1. The Labute approximate surface area is 275 Å². The maximum Gasteiger partial charge on any atom is 0.243 e. The van der Waals surface area contributed by atoms with E-state index >= 15 is 0 Å². The van der Waals surface area contributed by atoms with E-state index in [9.17, 15) is 8.42 Å². The number of aromatic nitrogens is 3. The summed E-state index contributed by atoms with van der Waals surface area (Å²) < 4.78 is 38.4. The van der Waals surface area contributed by atoms with Crippen molar-refractivity contribution in [1.29, 1.82) is 0 Å². The Balaban J connectivity index is 1.38. The molecule has 8 nitrogen and oxygen atoms in total. The van der Waals surface area contributed by atoms with E-state index in [1.54, 1.807) is 12.1 Å². The van der Waals surface area contributed by atoms with Crippen LogP contribution in [-0.4, -0.2) is 64.2 Å². The fraction of sp³-hybridized carbons (Fsp3) is 0.471. The molecule has 11 heteroatoms. The molecule has 3 atom stereocenters. The van der Waals surface area contributed by atoms with Gasteiger partial charge in [0.1, 0.15) is 16.3 Å². The highest BCUT2D eigenvalue weighted by Gasteiger charge is 2.33. The number of benzene rings is 2. The van der Waals surface area contributed by atoms with E-state index in [2.05, 4.69) is 35.9 Å². The molecule has 2 fully saturated rings. The van der Waals surface area contributed by atoms with Crippen molar-refractivity contribution >= 4 is 44.5 Å². The van der Waals surface area contributed by atoms with Crippen LogP contribution in [0.2, 0.25) is 5.02 Å². The van der Waals surface area contributed by atoms with Crippen LogP contribution in [-0.2, 0) is 27.7 Å². The summed E-state index contributed by atoms with van der Waals surface area (Å²) in [6, 6.07) is 15.5. The van der Waals surface area contributed by atoms with Crippen molar-refractivity contribution in [2.45, 2.75) is 69.9 Å². The summed E-state index contributed by atoms with van der Waals surface area (Å²) in [6.45, 7) is 6.97. The fourth-order valence-corrected chi connectivity index (χ4v) is 9.26.